The number of thiophene rings is 1. The third-order valence-corrected chi connectivity index (χ3v) is 6.04. The van der Waals surface area contributed by atoms with Crippen LogP contribution in [-0.2, 0) is 17.7 Å². The molecule has 2 aromatic heterocycles. The Hall–Kier alpha value is -3.32. The number of rotatable bonds is 6. The molecule has 2 aromatic carbocycles. The Morgan fingerprint density at radius 1 is 1.00 bits per heavy atom. The molecule has 0 amide bonds. The van der Waals surface area contributed by atoms with E-state index >= 15 is 0 Å². The Bertz CT molecular complexity index is 1200. The molecule has 0 bridgehead atoms. The topological polar surface area (TPSA) is 39.4 Å². The normalized spacial score (nSPS) is 18.1. The molecule has 0 fully saturated rings. The average Bonchev–Trinajstić information content (AvgIpc) is 3.54. The van der Waals surface area contributed by atoms with Gasteiger partial charge in [-0.1, -0.05) is 18.2 Å². The van der Waals surface area contributed by atoms with Crippen molar-refractivity contribution in [1.82, 2.24) is 9.55 Å². The standard InChI is InChI=1S/C24H19F2N3OS/c25-21-6-1-17(11-22(21)26)12-24(14-29-9-8-27-16-29)15-30-23(28-24)19-4-2-18(3-5-19)20-7-10-31-13-20/h1-11,13,16H,12,14-15H2. The van der Waals surface area contributed by atoms with Crippen molar-refractivity contribution in [3.63, 3.8) is 0 Å². The van der Waals surface area contributed by atoms with E-state index in [0.29, 0.717) is 31.0 Å². The van der Waals surface area contributed by atoms with Gasteiger partial charge in [-0.2, -0.15) is 11.3 Å². The molecule has 0 saturated heterocycles. The molecule has 1 aliphatic heterocycles. The number of hydrogen-bond acceptors (Lipinski definition) is 4. The largest absolute Gasteiger partial charge is 0.475 e. The van der Waals surface area contributed by atoms with Gasteiger partial charge in [-0.15, -0.1) is 0 Å². The molecule has 1 aliphatic rings. The summed E-state index contributed by atoms with van der Waals surface area (Å²) < 4.78 is 35.1. The quantitative estimate of drug-likeness (QED) is 0.410. The van der Waals surface area contributed by atoms with Crippen LogP contribution in [0.15, 0.2) is 83.0 Å². The van der Waals surface area contributed by atoms with Crippen molar-refractivity contribution in [2.45, 2.75) is 18.5 Å². The second kappa shape index (κ2) is 8.07. The van der Waals surface area contributed by atoms with Gasteiger partial charge in [-0.3, -0.25) is 0 Å². The Labute approximate surface area is 182 Å². The molecule has 0 saturated carbocycles. The first-order valence-corrected chi connectivity index (χ1v) is 10.8. The van der Waals surface area contributed by atoms with Gasteiger partial charge in [0.15, 0.2) is 11.6 Å². The van der Waals surface area contributed by atoms with E-state index in [1.54, 1.807) is 29.9 Å². The van der Waals surface area contributed by atoms with Crippen LogP contribution in [0.3, 0.4) is 0 Å². The highest BCUT2D eigenvalue weighted by Gasteiger charge is 2.38. The van der Waals surface area contributed by atoms with Crippen molar-refractivity contribution in [2.24, 2.45) is 4.99 Å². The monoisotopic (exact) mass is 435 g/mol. The van der Waals surface area contributed by atoms with Gasteiger partial charge in [0.1, 0.15) is 12.1 Å². The van der Waals surface area contributed by atoms with E-state index < -0.39 is 17.2 Å². The minimum Gasteiger partial charge on any atom is -0.475 e. The lowest BCUT2D eigenvalue weighted by atomic mass is 9.92. The zero-order valence-electron chi connectivity index (χ0n) is 16.5. The van der Waals surface area contributed by atoms with E-state index in [4.69, 9.17) is 9.73 Å². The molecule has 0 aliphatic carbocycles. The summed E-state index contributed by atoms with van der Waals surface area (Å²) >= 11 is 1.66. The molecule has 4 aromatic rings. The number of aliphatic imine (C=N–C) groups is 1. The fourth-order valence-electron chi connectivity index (χ4n) is 3.84. The third kappa shape index (κ3) is 4.14. The van der Waals surface area contributed by atoms with Gasteiger partial charge in [0.2, 0.25) is 5.90 Å². The maximum atomic E-state index is 13.8. The van der Waals surface area contributed by atoms with Crippen molar-refractivity contribution in [3.8, 4) is 11.1 Å². The molecule has 1 atom stereocenters. The minimum atomic E-state index is -0.859. The SMILES string of the molecule is Fc1ccc(CC2(Cn3ccnc3)COC(c3ccc(-c4ccsc4)cc3)=N2)cc1F. The van der Waals surface area contributed by atoms with Gasteiger partial charge in [0.25, 0.3) is 0 Å². The first kappa shape index (κ1) is 19.6. The van der Waals surface area contributed by atoms with Gasteiger partial charge in [0, 0.05) is 24.4 Å². The van der Waals surface area contributed by atoms with Crippen molar-refractivity contribution < 1.29 is 13.5 Å². The maximum Gasteiger partial charge on any atom is 0.216 e. The summed E-state index contributed by atoms with van der Waals surface area (Å²) in [5, 5.41) is 4.16. The smallest absolute Gasteiger partial charge is 0.216 e. The Balaban J connectivity index is 1.46. The number of ether oxygens (including phenoxy) is 1. The highest BCUT2D eigenvalue weighted by molar-refractivity contribution is 7.08. The van der Waals surface area contributed by atoms with Gasteiger partial charge in [-0.25, -0.2) is 18.8 Å². The lowest BCUT2D eigenvalue weighted by Crippen LogP contribution is -2.36. The van der Waals surface area contributed by atoms with Crippen LogP contribution in [0.5, 0.6) is 0 Å². The Kier molecular flexibility index (Phi) is 5.11. The first-order valence-electron chi connectivity index (χ1n) is 9.86. The summed E-state index contributed by atoms with van der Waals surface area (Å²) in [6, 6.07) is 14.2. The molecule has 0 spiro atoms. The number of hydrogen-bond donors (Lipinski definition) is 0. The van der Waals surface area contributed by atoms with E-state index in [1.807, 2.05) is 22.9 Å². The summed E-state index contributed by atoms with van der Waals surface area (Å²) in [6.45, 7) is 0.855. The Morgan fingerprint density at radius 2 is 1.84 bits per heavy atom. The Morgan fingerprint density at radius 3 is 2.55 bits per heavy atom. The van der Waals surface area contributed by atoms with Crippen LogP contribution in [0.4, 0.5) is 8.78 Å². The van der Waals surface area contributed by atoms with Crippen LogP contribution in [0.25, 0.3) is 11.1 Å². The van der Waals surface area contributed by atoms with E-state index in [2.05, 4.69) is 33.9 Å². The fraction of sp³-hybridized carbons (Fsp3) is 0.167. The molecule has 7 heteroatoms. The van der Waals surface area contributed by atoms with Gasteiger partial charge in [0.05, 0.1) is 12.9 Å². The molecule has 31 heavy (non-hydrogen) atoms. The van der Waals surface area contributed by atoms with Gasteiger partial charge >= 0.3 is 0 Å². The maximum absolute atomic E-state index is 13.8. The molecule has 3 heterocycles. The highest BCUT2D eigenvalue weighted by atomic mass is 32.1. The molecule has 1 unspecified atom stereocenters. The van der Waals surface area contributed by atoms with Crippen molar-refractivity contribution in [3.05, 3.63) is 101 Å². The van der Waals surface area contributed by atoms with E-state index in [9.17, 15) is 8.78 Å². The molecular formula is C24H19F2N3OS. The third-order valence-electron chi connectivity index (χ3n) is 5.36. The van der Waals surface area contributed by atoms with Crippen LogP contribution in [-0.4, -0.2) is 27.6 Å². The summed E-state index contributed by atoms with van der Waals surface area (Å²) in [5.41, 5.74) is 3.22. The second-order valence-electron chi connectivity index (χ2n) is 7.68. The molecule has 0 radical (unpaired) electrons. The van der Waals surface area contributed by atoms with Gasteiger partial charge < -0.3 is 9.30 Å². The molecule has 4 nitrogen and oxygen atoms in total. The molecule has 156 valence electrons. The molecule has 5 rings (SSSR count). The number of aromatic nitrogens is 2. The lowest BCUT2D eigenvalue weighted by molar-refractivity contribution is 0.232. The van der Waals surface area contributed by atoms with E-state index in [-0.39, 0.29) is 0 Å². The minimum absolute atomic E-state index is 0.339. The van der Waals surface area contributed by atoms with Gasteiger partial charge in [-0.05, 0) is 57.8 Å². The van der Waals surface area contributed by atoms with Crippen LogP contribution in [0, 0.1) is 11.6 Å². The lowest BCUT2D eigenvalue weighted by Gasteiger charge is -2.24. The van der Waals surface area contributed by atoms with E-state index in [1.165, 1.54) is 11.6 Å². The predicted octanol–water partition coefficient (Wildman–Crippen LogP) is 5.35. The second-order valence-corrected chi connectivity index (χ2v) is 8.46. The first-order chi connectivity index (χ1) is 15.1. The summed E-state index contributed by atoms with van der Waals surface area (Å²) in [6.07, 6.45) is 5.69. The van der Waals surface area contributed by atoms with Crippen LogP contribution >= 0.6 is 11.3 Å². The predicted molar refractivity (Wildman–Crippen MR) is 117 cm³/mol. The summed E-state index contributed by atoms with van der Waals surface area (Å²) in [4.78, 5) is 9.04. The van der Waals surface area contributed by atoms with Crippen molar-refractivity contribution in [2.75, 3.05) is 6.61 Å². The van der Waals surface area contributed by atoms with Crippen LogP contribution < -0.4 is 0 Å². The number of imidazole rings is 1. The number of halogens is 2. The number of benzene rings is 2. The van der Waals surface area contributed by atoms with Crippen LogP contribution in [0.2, 0.25) is 0 Å². The summed E-state index contributed by atoms with van der Waals surface area (Å²) in [7, 11) is 0. The summed E-state index contributed by atoms with van der Waals surface area (Å²) in [5.74, 6) is -1.16. The average molecular weight is 435 g/mol. The highest BCUT2D eigenvalue weighted by Crippen LogP contribution is 2.30. The van der Waals surface area contributed by atoms with Crippen molar-refractivity contribution >= 4 is 17.2 Å². The zero-order chi connectivity index (χ0) is 21.3. The number of nitrogens with zero attached hydrogens (tertiary/aromatic N) is 3. The van der Waals surface area contributed by atoms with Crippen molar-refractivity contribution in [1.29, 1.82) is 0 Å². The fourth-order valence-corrected chi connectivity index (χ4v) is 4.51. The zero-order valence-corrected chi connectivity index (χ0v) is 17.4. The molecule has 0 N–H and O–H groups in total. The molecular weight excluding hydrogens is 416 g/mol. The van der Waals surface area contributed by atoms with E-state index in [0.717, 1.165) is 17.2 Å². The van der Waals surface area contributed by atoms with Crippen LogP contribution in [0.1, 0.15) is 11.1 Å².